The van der Waals surface area contributed by atoms with Crippen molar-refractivity contribution in [3.63, 3.8) is 0 Å². The highest BCUT2D eigenvalue weighted by molar-refractivity contribution is 7.99. The van der Waals surface area contributed by atoms with Gasteiger partial charge in [-0.1, -0.05) is 38.1 Å². The zero-order chi connectivity index (χ0) is 17.7. The Balaban J connectivity index is 1.96. The van der Waals surface area contributed by atoms with Crippen molar-refractivity contribution in [2.24, 2.45) is 5.92 Å². The molecule has 2 N–H and O–H groups in total. The summed E-state index contributed by atoms with van der Waals surface area (Å²) >= 11 is 1.31. The largest absolute Gasteiger partial charge is 0.467 e. The lowest BCUT2D eigenvalue weighted by Gasteiger charge is -2.21. The second-order valence-electron chi connectivity index (χ2n) is 5.81. The van der Waals surface area contributed by atoms with E-state index in [-0.39, 0.29) is 17.6 Å². The van der Waals surface area contributed by atoms with E-state index >= 15 is 0 Å². The summed E-state index contributed by atoms with van der Waals surface area (Å²) in [6.45, 7) is 5.90. The summed E-state index contributed by atoms with van der Waals surface area (Å²) in [6.07, 6.45) is 0.774. The molecule has 0 unspecified atom stereocenters. The topological polar surface area (TPSA) is 84.1 Å². The fourth-order valence-corrected chi connectivity index (χ4v) is 3.01. The summed E-state index contributed by atoms with van der Waals surface area (Å²) in [6, 6.07) is 5.34. The van der Waals surface area contributed by atoms with Crippen LogP contribution in [0.15, 0.2) is 23.4 Å². The van der Waals surface area contributed by atoms with Crippen LogP contribution in [0.4, 0.5) is 0 Å². The van der Waals surface area contributed by atoms with Gasteiger partial charge in [0.15, 0.2) is 5.16 Å². The molecule has 0 saturated heterocycles. The van der Waals surface area contributed by atoms with Crippen LogP contribution in [0, 0.1) is 12.8 Å². The third kappa shape index (κ3) is 4.50. The van der Waals surface area contributed by atoms with Gasteiger partial charge in [-0.3, -0.25) is 4.79 Å². The molecule has 2 rings (SSSR count). The number of esters is 1. The van der Waals surface area contributed by atoms with E-state index in [1.807, 2.05) is 39.0 Å². The van der Waals surface area contributed by atoms with Gasteiger partial charge in [0.2, 0.25) is 5.91 Å². The number of fused-ring (bicyclic) bond motifs is 1. The van der Waals surface area contributed by atoms with Crippen molar-refractivity contribution in [3.8, 4) is 0 Å². The molecule has 0 fully saturated rings. The van der Waals surface area contributed by atoms with Gasteiger partial charge in [0.25, 0.3) is 0 Å². The fourth-order valence-electron chi connectivity index (χ4n) is 2.31. The Morgan fingerprint density at radius 1 is 1.42 bits per heavy atom. The Hall–Kier alpha value is -2.02. The number of hydrogen-bond acceptors (Lipinski definition) is 5. The van der Waals surface area contributed by atoms with Crippen molar-refractivity contribution in [3.05, 3.63) is 23.8 Å². The maximum Gasteiger partial charge on any atom is 0.328 e. The van der Waals surface area contributed by atoms with Crippen molar-refractivity contribution in [2.75, 3.05) is 12.9 Å². The lowest BCUT2D eigenvalue weighted by Crippen LogP contribution is -2.46. The second kappa shape index (κ2) is 8.19. The van der Waals surface area contributed by atoms with Crippen molar-refractivity contribution < 1.29 is 14.3 Å². The summed E-state index contributed by atoms with van der Waals surface area (Å²) < 4.78 is 4.77. The maximum atomic E-state index is 12.2. The zero-order valence-electron chi connectivity index (χ0n) is 14.4. The van der Waals surface area contributed by atoms with Crippen molar-refractivity contribution in [1.29, 1.82) is 0 Å². The van der Waals surface area contributed by atoms with Crippen LogP contribution in [0.25, 0.3) is 11.0 Å². The van der Waals surface area contributed by atoms with Crippen LogP contribution in [-0.4, -0.2) is 40.7 Å². The third-order valence-corrected chi connectivity index (χ3v) is 4.81. The number of H-pyrrole nitrogens is 1. The summed E-state index contributed by atoms with van der Waals surface area (Å²) in [5, 5.41) is 3.44. The molecule has 1 heterocycles. The quantitative estimate of drug-likeness (QED) is 0.593. The minimum atomic E-state index is -0.619. The number of ether oxygens (including phenoxy) is 1. The SMILES string of the molecule is CC[C@@H](C)[C@@H](NC(=O)CSc1nc2ccc(C)cc2[nH]1)C(=O)OC. The Labute approximate surface area is 145 Å². The average molecular weight is 349 g/mol. The lowest BCUT2D eigenvalue weighted by atomic mass is 9.99. The molecule has 2 atom stereocenters. The van der Waals surface area contributed by atoms with Crippen LogP contribution >= 0.6 is 11.8 Å². The summed E-state index contributed by atoms with van der Waals surface area (Å²) in [4.78, 5) is 31.6. The number of nitrogens with one attached hydrogen (secondary N) is 2. The predicted octanol–water partition coefficient (Wildman–Crippen LogP) is 2.67. The first-order valence-corrected chi connectivity index (χ1v) is 8.89. The van der Waals surface area contributed by atoms with Crippen LogP contribution < -0.4 is 5.32 Å². The van der Waals surface area contributed by atoms with Gasteiger partial charge in [0, 0.05) is 0 Å². The van der Waals surface area contributed by atoms with Gasteiger partial charge in [-0.15, -0.1) is 0 Å². The number of aromatic amines is 1. The standard InChI is InChI=1S/C17H23N3O3S/c1-5-11(3)15(16(22)23-4)20-14(21)9-24-17-18-12-7-6-10(2)8-13(12)19-17/h6-8,11,15H,5,9H2,1-4H3,(H,18,19)(H,20,21)/t11-,15-/m1/s1. The number of carbonyl (C=O) groups excluding carboxylic acids is 2. The summed E-state index contributed by atoms with van der Waals surface area (Å²) in [5.41, 5.74) is 2.97. The molecule has 1 amide bonds. The average Bonchev–Trinajstić information content (AvgIpc) is 2.98. The van der Waals surface area contributed by atoms with Crippen molar-refractivity contribution in [2.45, 2.75) is 38.4 Å². The van der Waals surface area contributed by atoms with E-state index in [0.717, 1.165) is 23.0 Å². The molecule has 130 valence electrons. The zero-order valence-corrected chi connectivity index (χ0v) is 15.2. The summed E-state index contributed by atoms with van der Waals surface area (Å²) in [5.74, 6) is -0.433. The molecule has 0 aliphatic rings. The number of methoxy groups -OCH3 is 1. The Morgan fingerprint density at radius 3 is 2.83 bits per heavy atom. The van der Waals surface area contributed by atoms with E-state index in [9.17, 15) is 9.59 Å². The van der Waals surface area contributed by atoms with Gasteiger partial charge in [-0.25, -0.2) is 9.78 Å². The minimum Gasteiger partial charge on any atom is -0.467 e. The number of aryl methyl sites for hydroxylation is 1. The first kappa shape index (κ1) is 18.3. The third-order valence-electron chi connectivity index (χ3n) is 3.94. The normalized spacial score (nSPS) is 13.5. The molecule has 6 nitrogen and oxygen atoms in total. The number of rotatable bonds is 7. The van der Waals surface area contributed by atoms with E-state index in [4.69, 9.17) is 4.74 Å². The van der Waals surface area contributed by atoms with Crippen molar-refractivity contribution >= 4 is 34.7 Å². The molecule has 1 aromatic heterocycles. The molecule has 0 bridgehead atoms. The first-order chi connectivity index (χ1) is 11.4. The van der Waals surface area contributed by atoms with Gasteiger partial charge in [-0.2, -0.15) is 0 Å². The number of imidazole rings is 1. The molecule has 2 aromatic rings. The highest BCUT2D eigenvalue weighted by Crippen LogP contribution is 2.20. The number of nitrogens with zero attached hydrogens (tertiary/aromatic N) is 1. The van der Waals surface area contributed by atoms with E-state index in [0.29, 0.717) is 5.16 Å². The van der Waals surface area contributed by atoms with Crippen LogP contribution in [0.3, 0.4) is 0 Å². The molecule has 1 aromatic carbocycles. The van der Waals surface area contributed by atoms with Gasteiger partial charge >= 0.3 is 5.97 Å². The van der Waals surface area contributed by atoms with Crippen LogP contribution in [0.5, 0.6) is 0 Å². The smallest absolute Gasteiger partial charge is 0.328 e. The van der Waals surface area contributed by atoms with E-state index in [2.05, 4.69) is 15.3 Å². The Kier molecular flexibility index (Phi) is 6.25. The number of benzene rings is 1. The fraction of sp³-hybridized carbons (Fsp3) is 0.471. The Morgan fingerprint density at radius 2 is 2.17 bits per heavy atom. The van der Waals surface area contributed by atoms with Crippen LogP contribution in [0.1, 0.15) is 25.8 Å². The molecule has 0 radical (unpaired) electrons. The maximum absolute atomic E-state index is 12.2. The lowest BCUT2D eigenvalue weighted by molar-refractivity contribution is -0.146. The van der Waals surface area contributed by atoms with E-state index < -0.39 is 12.0 Å². The highest BCUT2D eigenvalue weighted by atomic mass is 32.2. The molecule has 24 heavy (non-hydrogen) atoms. The van der Waals surface area contributed by atoms with Gasteiger partial charge in [-0.05, 0) is 30.5 Å². The second-order valence-corrected chi connectivity index (χ2v) is 6.77. The first-order valence-electron chi connectivity index (χ1n) is 7.91. The predicted molar refractivity (Wildman–Crippen MR) is 95.0 cm³/mol. The van der Waals surface area contributed by atoms with E-state index in [1.165, 1.54) is 18.9 Å². The molecular weight excluding hydrogens is 326 g/mol. The summed E-state index contributed by atoms with van der Waals surface area (Å²) in [7, 11) is 1.33. The van der Waals surface area contributed by atoms with E-state index in [1.54, 1.807) is 0 Å². The molecular formula is C17H23N3O3S. The minimum absolute atomic E-state index is 0.0144. The van der Waals surface area contributed by atoms with Crippen LogP contribution in [-0.2, 0) is 14.3 Å². The van der Waals surface area contributed by atoms with Gasteiger partial charge in [0.1, 0.15) is 6.04 Å². The monoisotopic (exact) mass is 349 g/mol. The molecule has 0 spiro atoms. The molecule has 0 aliphatic carbocycles. The number of thioether (sulfide) groups is 1. The number of amides is 1. The van der Waals surface area contributed by atoms with Gasteiger partial charge in [0.05, 0.1) is 23.9 Å². The van der Waals surface area contributed by atoms with Gasteiger partial charge < -0.3 is 15.0 Å². The number of carbonyl (C=O) groups is 2. The molecule has 7 heteroatoms. The van der Waals surface area contributed by atoms with Crippen molar-refractivity contribution in [1.82, 2.24) is 15.3 Å². The highest BCUT2D eigenvalue weighted by Gasteiger charge is 2.26. The molecule has 0 saturated carbocycles. The van der Waals surface area contributed by atoms with Crippen LogP contribution in [0.2, 0.25) is 0 Å². The Bertz CT molecular complexity index is 729. The molecule has 0 aliphatic heterocycles. The number of aromatic nitrogens is 2. The number of hydrogen-bond donors (Lipinski definition) is 2.